The second-order valence-corrected chi connectivity index (χ2v) is 30.8. The zero-order chi connectivity index (χ0) is 74.1. The van der Waals surface area contributed by atoms with E-state index in [4.69, 9.17) is 42.2 Å². The number of rotatable bonds is 63. The summed E-state index contributed by atoms with van der Waals surface area (Å²) in [6, 6.07) is 0. The number of carbonyl (C=O) groups is 3. The molecule has 2 saturated heterocycles. The van der Waals surface area contributed by atoms with Gasteiger partial charge in [-0.2, -0.15) is 0 Å². The first-order valence-corrected chi connectivity index (χ1v) is 41.7. The van der Waals surface area contributed by atoms with E-state index < -0.39 is 156 Å². The van der Waals surface area contributed by atoms with Gasteiger partial charge in [0.05, 0.1) is 13.2 Å². The molecule has 101 heavy (non-hydrogen) atoms. The normalized spacial score (nSPS) is 27.4. The monoisotopic (exact) mass is 1470 g/mol. The van der Waals surface area contributed by atoms with Gasteiger partial charge in [0.2, 0.25) is 0 Å². The van der Waals surface area contributed by atoms with Gasteiger partial charge >= 0.3 is 25.7 Å². The minimum absolute atomic E-state index is 0.0311. The number of esters is 3. The first kappa shape index (κ1) is 93.2. The van der Waals surface area contributed by atoms with Crippen molar-refractivity contribution in [3.8, 4) is 0 Å². The number of carbonyl (C=O) groups excluding carboxylic acids is 3. The summed E-state index contributed by atoms with van der Waals surface area (Å²) in [6.07, 6.45) is 14.3. The van der Waals surface area contributed by atoms with Crippen molar-refractivity contribution in [2.75, 3.05) is 26.4 Å². The Morgan fingerprint density at radius 2 is 0.693 bits per heavy atom. The topological polar surface area (TPSA) is 374 Å². The van der Waals surface area contributed by atoms with Gasteiger partial charge in [0.25, 0.3) is 0 Å². The van der Waals surface area contributed by atoms with E-state index in [2.05, 4.69) is 27.7 Å². The number of unbranched alkanes of at least 4 members (excludes halogenated alkanes) is 38. The molecule has 2 aliphatic heterocycles. The highest BCUT2D eigenvalue weighted by Gasteiger charge is 2.58. The van der Waals surface area contributed by atoms with Crippen LogP contribution in [0.4, 0.5) is 0 Å². The Bertz CT molecular complexity index is 2100. The van der Waals surface area contributed by atoms with Crippen molar-refractivity contribution in [1.82, 2.24) is 0 Å². The average molecular weight is 1470 g/mol. The van der Waals surface area contributed by atoms with Crippen molar-refractivity contribution in [2.24, 2.45) is 5.92 Å². The third-order valence-corrected chi connectivity index (χ3v) is 21.3. The lowest BCUT2D eigenvalue weighted by Gasteiger charge is -2.49. The zero-order valence-electron chi connectivity index (χ0n) is 62.6. The zero-order valence-corrected chi connectivity index (χ0v) is 63.5. The molecular weight excluding hydrogens is 1330 g/mol. The molecule has 25 heteroatoms. The number of phosphoric ester groups is 1. The largest absolute Gasteiger partial charge is 0.472 e. The third kappa shape index (κ3) is 40.1. The first-order chi connectivity index (χ1) is 48.7. The van der Waals surface area contributed by atoms with Gasteiger partial charge < -0.3 is 89.1 Å². The smallest absolute Gasteiger partial charge is 0.463 e. The first-order valence-electron chi connectivity index (χ1n) is 40.2. The molecule has 0 spiro atoms. The SMILES string of the molecule is CCCCCCCCCCCCCCCCCCCC(=O)OC(COC(=O)CCCCCCCCCCCCCCC)COP(=O)(O)OC1C(OC2OC(CO)C(O)C(O)C2O)C(O)C(O)C(O)C1OC1OC(COC(=O)CCCCCCCCC(C)CCCCCCCC)C(O)C(O)C1O. The van der Waals surface area contributed by atoms with E-state index in [1.54, 1.807) is 0 Å². The Morgan fingerprint density at radius 3 is 1.07 bits per heavy atom. The van der Waals surface area contributed by atoms with Crippen LogP contribution >= 0.6 is 7.82 Å². The van der Waals surface area contributed by atoms with E-state index in [0.29, 0.717) is 25.2 Å². The quantitative estimate of drug-likeness (QED) is 0.0117. The lowest BCUT2D eigenvalue weighted by Crippen LogP contribution is -2.69. The van der Waals surface area contributed by atoms with Crippen LogP contribution in [-0.2, 0) is 61.2 Å². The second-order valence-electron chi connectivity index (χ2n) is 29.4. The molecule has 3 aliphatic rings. The maximum Gasteiger partial charge on any atom is 0.472 e. The lowest BCUT2D eigenvalue weighted by molar-refractivity contribution is -0.360. The van der Waals surface area contributed by atoms with Crippen molar-refractivity contribution in [1.29, 1.82) is 0 Å². The van der Waals surface area contributed by atoms with Crippen molar-refractivity contribution in [2.45, 2.75) is 434 Å². The van der Waals surface area contributed by atoms with Crippen LogP contribution in [0.15, 0.2) is 0 Å². The highest BCUT2D eigenvalue weighted by Crippen LogP contribution is 2.49. The van der Waals surface area contributed by atoms with E-state index >= 15 is 0 Å². The molecule has 11 N–H and O–H groups in total. The van der Waals surface area contributed by atoms with Crippen LogP contribution in [0.25, 0.3) is 0 Å². The number of hydrogen-bond donors (Lipinski definition) is 11. The second kappa shape index (κ2) is 57.1. The minimum Gasteiger partial charge on any atom is -0.463 e. The molecule has 2 heterocycles. The molecule has 1 saturated carbocycles. The molecule has 1 aliphatic carbocycles. The summed E-state index contributed by atoms with van der Waals surface area (Å²) in [4.78, 5) is 51.1. The third-order valence-electron chi connectivity index (χ3n) is 20.3. The minimum atomic E-state index is -5.70. The van der Waals surface area contributed by atoms with Crippen LogP contribution in [0.1, 0.15) is 329 Å². The van der Waals surface area contributed by atoms with Crippen LogP contribution in [-0.4, -0.2) is 204 Å². The van der Waals surface area contributed by atoms with Crippen LogP contribution in [0.2, 0.25) is 0 Å². The van der Waals surface area contributed by atoms with E-state index in [9.17, 15) is 74.9 Å². The lowest BCUT2D eigenvalue weighted by atomic mass is 9.84. The number of aliphatic hydroxyl groups excluding tert-OH is 10. The molecule has 0 aromatic carbocycles. The Morgan fingerprint density at radius 1 is 0.376 bits per heavy atom. The molecule has 0 aromatic rings. The predicted molar refractivity (Wildman–Crippen MR) is 384 cm³/mol. The number of aliphatic hydroxyl groups is 10. The molecule has 0 amide bonds. The van der Waals surface area contributed by atoms with Gasteiger partial charge in [0, 0.05) is 19.3 Å². The maximum absolute atomic E-state index is 14.4. The number of hydrogen-bond acceptors (Lipinski definition) is 23. The molecule has 596 valence electrons. The molecule has 3 rings (SSSR count). The van der Waals surface area contributed by atoms with Crippen molar-refractivity contribution < 1.29 is 117 Å². The van der Waals surface area contributed by atoms with Gasteiger partial charge in [-0.25, -0.2) is 4.57 Å². The highest BCUT2D eigenvalue weighted by molar-refractivity contribution is 7.47. The Kier molecular flexibility index (Phi) is 52.7. The summed E-state index contributed by atoms with van der Waals surface area (Å²) in [5, 5.41) is 110. The van der Waals surface area contributed by atoms with E-state index in [1.165, 1.54) is 173 Å². The average Bonchev–Trinajstić information content (AvgIpc) is 0.762. The summed E-state index contributed by atoms with van der Waals surface area (Å²) < 4.78 is 65.2. The molecule has 0 bridgehead atoms. The standard InChI is InChI=1S/C76H143O24P/c1-5-8-11-14-17-19-21-23-24-25-26-28-30-32-34-41-46-51-62(80)95-57(53-92-60(78)49-44-39-33-31-29-27-22-20-18-15-12-9-6-2)54-94-101(90,91)100-74-72(98-75-70(88)65(83)63(81)58(52-77)96-75)68(86)67(85)69(87)73(74)99-76-71(89)66(84)64(82)59(97-76)55-93-61(79)50-45-40-36-35-38-43-48-56(4)47-42-37-16-13-10-7-3/h56-59,63-77,81-89H,5-55H2,1-4H3,(H,90,91). The fraction of sp³-hybridized carbons (Fsp3) is 0.961. The molecule has 19 unspecified atom stereocenters. The van der Waals surface area contributed by atoms with Gasteiger partial charge in [-0.1, -0.05) is 291 Å². The highest BCUT2D eigenvalue weighted by atomic mass is 31.2. The Balaban J connectivity index is 1.71. The number of phosphoric acid groups is 1. The van der Waals surface area contributed by atoms with Crippen LogP contribution < -0.4 is 0 Å². The molecular formula is C76H143O24P. The van der Waals surface area contributed by atoms with Gasteiger partial charge in [-0.3, -0.25) is 23.4 Å². The van der Waals surface area contributed by atoms with Gasteiger partial charge in [-0.15, -0.1) is 0 Å². The van der Waals surface area contributed by atoms with Crippen LogP contribution in [0.3, 0.4) is 0 Å². The van der Waals surface area contributed by atoms with Crippen LogP contribution in [0.5, 0.6) is 0 Å². The summed E-state index contributed by atoms with van der Waals surface area (Å²) >= 11 is 0. The summed E-state index contributed by atoms with van der Waals surface area (Å²) in [5.41, 5.74) is 0. The molecule has 19 atom stereocenters. The fourth-order valence-electron chi connectivity index (χ4n) is 13.7. The predicted octanol–water partition coefficient (Wildman–Crippen LogP) is 12.0. The molecule has 0 aromatic heterocycles. The van der Waals surface area contributed by atoms with Gasteiger partial charge in [-0.05, 0) is 25.2 Å². The van der Waals surface area contributed by atoms with E-state index in [-0.39, 0.29) is 19.3 Å². The Hall–Kier alpha value is -2.04. The van der Waals surface area contributed by atoms with Gasteiger partial charge in [0.1, 0.15) is 98.7 Å². The maximum atomic E-state index is 14.4. The molecule has 3 fully saturated rings. The summed E-state index contributed by atoms with van der Waals surface area (Å²) in [5.74, 6) is -1.27. The van der Waals surface area contributed by atoms with Crippen LogP contribution in [0, 0.1) is 5.92 Å². The summed E-state index contributed by atoms with van der Waals surface area (Å²) in [6.45, 7) is 5.81. The molecule has 24 nitrogen and oxygen atoms in total. The van der Waals surface area contributed by atoms with Crippen molar-refractivity contribution in [3.63, 3.8) is 0 Å². The molecule has 0 radical (unpaired) electrons. The fourth-order valence-corrected chi connectivity index (χ4v) is 14.6. The van der Waals surface area contributed by atoms with Gasteiger partial charge in [0.15, 0.2) is 18.7 Å². The Labute approximate surface area is 606 Å². The van der Waals surface area contributed by atoms with E-state index in [0.717, 1.165) is 89.9 Å². The number of ether oxygens (including phenoxy) is 7. The summed E-state index contributed by atoms with van der Waals surface area (Å²) in [7, 11) is -5.70. The van der Waals surface area contributed by atoms with Crippen molar-refractivity contribution in [3.05, 3.63) is 0 Å². The van der Waals surface area contributed by atoms with Crippen molar-refractivity contribution >= 4 is 25.7 Å². The van der Waals surface area contributed by atoms with E-state index in [1.807, 2.05) is 0 Å².